The molecule has 0 N–H and O–H groups in total. The van der Waals surface area contributed by atoms with E-state index in [2.05, 4.69) is 196 Å². The highest BCUT2D eigenvalue weighted by Gasteiger charge is 2.35. The Kier molecular flexibility index (Phi) is 6.40. The molecule has 53 heavy (non-hydrogen) atoms. The molecule has 0 fully saturated rings. The molecule has 0 heteroatoms. The highest BCUT2D eigenvalue weighted by atomic mass is 14.4. The van der Waals surface area contributed by atoms with Crippen LogP contribution in [0.2, 0.25) is 0 Å². The summed E-state index contributed by atoms with van der Waals surface area (Å²) in [5.41, 5.74) is 13.0. The van der Waals surface area contributed by atoms with Gasteiger partial charge in [0.15, 0.2) is 0 Å². The summed E-state index contributed by atoms with van der Waals surface area (Å²) in [5, 5.41) is 12.7. The van der Waals surface area contributed by atoms with Gasteiger partial charge >= 0.3 is 0 Å². The van der Waals surface area contributed by atoms with E-state index >= 15 is 0 Å². The van der Waals surface area contributed by atoms with E-state index in [0.717, 1.165) is 0 Å². The molecule has 0 saturated carbocycles. The van der Waals surface area contributed by atoms with Gasteiger partial charge in [-0.25, -0.2) is 0 Å². The maximum atomic E-state index is 2.46. The molecule has 248 valence electrons. The van der Waals surface area contributed by atoms with Crippen molar-refractivity contribution in [3.05, 3.63) is 193 Å². The maximum absolute atomic E-state index is 2.46. The van der Waals surface area contributed by atoms with Crippen LogP contribution < -0.4 is 0 Å². The van der Waals surface area contributed by atoms with Gasteiger partial charge < -0.3 is 0 Å². The second-order valence-corrected chi connectivity index (χ2v) is 15.3. The van der Waals surface area contributed by atoms with Crippen LogP contribution >= 0.6 is 0 Å². The molecule has 0 heterocycles. The first-order chi connectivity index (χ1) is 26.0. The predicted molar refractivity (Wildman–Crippen MR) is 228 cm³/mol. The minimum atomic E-state index is -0.0532. The second kappa shape index (κ2) is 11.2. The molecule has 1 aliphatic carbocycles. The third kappa shape index (κ3) is 4.55. The quantitative estimate of drug-likeness (QED) is 0.164. The van der Waals surface area contributed by atoms with E-state index in [4.69, 9.17) is 0 Å². The van der Waals surface area contributed by atoms with E-state index in [1.54, 1.807) is 0 Å². The predicted octanol–water partition coefficient (Wildman–Crippen LogP) is 14.8. The Morgan fingerprint density at radius 3 is 1.43 bits per heavy atom. The summed E-state index contributed by atoms with van der Waals surface area (Å²) in [4.78, 5) is 0. The summed E-state index contributed by atoms with van der Waals surface area (Å²) in [6, 6.07) is 68.2. The smallest absolute Gasteiger partial charge is 0.0159 e. The van der Waals surface area contributed by atoms with E-state index in [1.165, 1.54) is 109 Å². The van der Waals surface area contributed by atoms with Crippen molar-refractivity contribution < 1.29 is 0 Å². The van der Waals surface area contributed by atoms with Crippen LogP contribution in [0, 0.1) is 0 Å². The van der Waals surface area contributed by atoms with Gasteiger partial charge in [-0.2, -0.15) is 0 Å². The van der Waals surface area contributed by atoms with Crippen LogP contribution in [0.3, 0.4) is 0 Å². The van der Waals surface area contributed by atoms with Gasteiger partial charge in [-0.3, -0.25) is 0 Å². The van der Waals surface area contributed by atoms with Gasteiger partial charge in [0.05, 0.1) is 0 Å². The van der Waals surface area contributed by atoms with E-state index < -0.39 is 0 Å². The average molecular weight is 673 g/mol. The SMILES string of the molecule is CC1(C)c2ccccc2-c2ccc(-c3ccc4c(-c5ccc6ccccc6c5)cc5c6ccccc6c(-c6ccc7ccccc7c6)cc5c4c3)cc21. The van der Waals surface area contributed by atoms with Gasteiger partial charge in [-0.1, -0.05) is 159 Å². The third-order valence-corrected chi connectivity index (χ3v) is 12.0. The number of hydrogen-bond donors (Lipinski definition) is 0. The van der Waals surface area contributed by atoms with Crippen LogP contribution in [-0.2, 0) is 5.41 Å². The van der Waals surface area contributed by atoms with Gasteiger partial charge in [-0.15, -0.1) is 0 Å². The Balaban J connectivity index is 1.20. The average Bonchev–Trinajstić information content (AvgIpc) is 3.45. The van der Waals surface area contributed by atoms with Gasteiger partial charge in [-0.05, 0) is 146 Å². The zero-order valence-corrected chi connectivity index (χ0v) is 29.8. The van der Waals surface area contributed by atoms with Crippen molar-refractivity contribution >= 4 is 53.9 Å². The molecule has 0 amide bonds. The maximum Gasteiger partial charge on any atom is 0.0159 e. The molecule has 11 rings (SSSR count). The molecule has 0 aliphatic heterocycles. The van der Waals surface area contributed by atoms with Crippen molar-refractivity contribution in [1.29, 1.82) is 0 Å². The Morgan fingerprint density at radius 1 is 0.264 bits per heavy atom. The van der Waals surface area contributed by atoms with Crippen LogP contribution in [-0.4, -0.2) is 0 Å². The van der Waals surface area contributed by atoms with E-state index in [-0.39, 0.29) is 5.41 Å². The highest BCUT2D eigenvalue weighted by molar-refractivity contribution is 6.24. The van der Waals surface area contributed by atoms with E-state index in [9.17, 15) is 0 Å². The van der Waals surface area contributed by atoms with Crippen molar-refractivity contribution in [2.24, 2.45) is 0 Å². The van der Waals surface area contributed by atoms with Gasteiger partial charge in [0.25, 0.3) is 0 Å². The standard InChI is InChI=1S/C53H36/c1-53(2)51-18-10-9-17-44(51)45-26-24-38(30-52(45)53)37-23-25-43-47(40-22-20-34-12-4-6-14-36(34)28-40)31-49-42-16-8-7-15-41(42)46(32-50(49)48(43)29-37)39-21-19-33-11-3-5-13-35(33)27-39/h3-32H,1-2H3. The fourth-order valence-electron chi connectivity index (χ4n) is 9.25. The first-order valence-electron chi connectivity index (χ1n) is 18.7. The first kappa shape index (κ1) is 30.2. The lowest BCUT2D eigenvalue weighted by molar-refractivity contribution is 0.660. The Hall–Kier alpha value is -6.50. The topological polar surface area (TPSA) is 0 Å². The van der Waals surface area contributed by atoms with Crippen molar-refractivity contribution in [3.63, 3.8) is 0 Å². The lowest BCUT2D eigenvalue weighted by Gasteiger charge is -2.22. The van der Waals surface area contributed by atoms with Crippen molar-refractivity contribution in [1.82, 2.24) is 0 Å². The number of benzene rings is 10. The van der Waals surface area contributed by atoms with Crippen LogP contribution in [0.4, 0.5) is 0 Å². The van der Waals surface area contributed by atoms with Gasteiger partial charge in [0.2, 0.25) is 0 Å². The van der Waals surface area contributed by atoms with Gasteiger partial charge in [0, 0.05) is 5.41 Å². The monoisotopic (exact) mass is 672 g/mol. The molecule has 10 aromatic rings. The minimum absolute atomic E-state index is 0.0532. The zero-order valence-electron chi connectivity index (χ0n) is 29.8. The fraction of sp³-hybridized carbons (Fsp3) is 0.0566. The van der Waals surface area contributed by atoms with Crippen LogP contribution in [0.25, 0.3) is 98.4 Å². The van der Waals surface area contributed by atoms with Crippen molar-refractivity contribution in [2.45, 2.75) is 19.3 Å². The highest BCUT2D eigenvalue weighted by Crippen LogP contribution is 2.50. The molecule has 10 aromatic carbocycles. The third-order valence-electron chi connectivity index (χ3n) is 12.0. The molecule has 0 spiro atoms. The molecular weight excluding hydrogens is 637 g/mol. The fourth-order valence-corrected chi connectivity index (χ4v) is 9.25. The Bertz CT molecular complexity index is 3140. The van der Waals surface area contributed by atoms with Crippen LogP contribution in [0.1, 0.15) is 25.0 Å². The zero-order chi connectivity index (χ0) is 35.3. The Labute approximate surface area is 309 Å². The summed E-state index contributed by atoms with van der Waals surface area (Å²) in [6.07, 6.45) is 0. The van der Waals surface area contributed by atoms with Crippen molar-refractivity contribution in [3.8, 4) is 44.5 Å². The number of rotatable bonds is 3. The lowest BCUT2D eigenvalue weighted by Crippen LogP contribution is -2.14. The van der Waals surface area contributed by atoms with Gasteiger partial charge in [0.1, 0.15) is 0 Å². The molecule has 0 nitrogen and oxygen atoms in total. The molecule has 0 atom stereocenters. The Morgan fingerprint density at radius 2 is 0.736 bits per heavy atom. The molecule has 0 bridgehead atoms. The summed E-state index contributed by atoms with van der Waals surface area (Å²) in [6.45, 7) is 4.73. The molecular formula is C53H36. The summed E-state index contributed by atoms with van der Waals surface area (Å²) >= 11 is 0. The molecule has 0 unspecified atom stereocenters. The molecule has 0 aromatic heterocycles. The van der Waals surface area contributed by atoms with Crippen molar-refractivity contribution in [2.75, 3.05) is 0 Å². The van der Waals surface area contributed by atoms with Crippen LogP contribution in [0.15, 0.2) is 182 Å². The second-order valence-electron chi connectivity index (χ2n) is 15.3. The summed E-state index contributed by atoms with van der Waals surface area (Å²) in [5.74, 6) is 0. The number of hydrogen-bond acceptors (Lipinski definition) is 0. The van der Waals surface area contributed by atoms with E-state index in [0.29, 0.717) is 0 Å². The van der Waals surface area contributed by atoms with Crippen LogP contribution in [0.5, 0.6) is 0 Å². The normalized spacial score (nSPS) is 13.2. The van der Waals surface area contributed by atoms with E-state index in [1.807, 2.05) is 0 Å². The lowest BCUT2D eigenvalue weighted by atomic mass is 9.81. The molecule has 0 radical (unpaired) electrons. The number of fused-ring (bicyclic) bond motifs is 10. The molecule has 1 aliphatic rings. The summed E-state index contributed by atoms with van der Waals surface area (Å²) < 4.78 is 0. The minimum Gasteiger partial charge on any atom is -0.0619 e. The molecule has 0 saturated heterocycles. The summed E-state index contributed by atoms with van der Waals surface area (Å²) in [7, 11) is 0. The first-order valence-corrected chi connectivity index (χ1v) is 18.7. The largest absolute Gasteiger partial charge is 0.0619 e.